The van der Waals surface area contributed by atoms with Gasteiger partial charge in [-0.25, -0.2) is 0 Å². The molecule has 4 atom stereocenters. The largest absolute Gasteiger partial charge is 0.394 e. The quantitative estimate of drug-likeness (QED) is 0.420. The fourth-order valence-electron chi connectivity index (χ4n) is 1.12. The Labute approximate surface area is 59.6 Å². The number of hydrogen-bond acceptors (Lipinski definition) is 4. The van der Waals surface area contributed by atoms with Crippen LogP contribution in [0.2, 0.25) is 0 Å². The van der Waals surface area contributed by atoms with Gasteiger partial charge in [-0.2, -0.15) is 0 Å². The first-order chi connectivity index (χ1) is 4.66. The van der Waals surface area contributed by atoms with Gasteiger partial charge in [-0.15, -0.1) is 0 Å². The second-order valence-electron chi connectivity index (χ2n) is 2.63. The van der Waals surface area contributed by atoms with Gasteiger partial charge in [0.2, 0.25) is 0 Å². The highest BCUT2D eigenvalue weighted by Crippen LogP contribution is 2.18. The average molecular weight is 147 g/mol. The molecule has 4 heteroatoms. The Bertz CT molecular complexity index is 120. The standard InChI is InChI=1S/C6H13NO3/c1-3-5(7)6(9)4(2-8)10-3/h3-6,8-9H,2,7H2,1H3/t3-,4-,5+,6+/m1/s1. The van der Waals surface area contributed by atoms with Crippen LogP contribution < -0.4 is 5.73 Å². The molecular formula is C6H13NO3. The van der Waals surface area contributed by atoms with E-state index < -0.39 is 12.2 Å². The molecule has 0 bridgehead atoms. The molecule has 0 spiro atoms. The first-order valence-electron chi connectivity index (χ1n) is 3.36. The molecular weight excluding hydrogens is 134 g/mol. The third kappa shape index (κ3) is 1.15. The molecule has 0 unspecified atom stereocenters. The Morgan fingerprint density at radius 2 is 2.20 bits per heavy atom. The molecule has 1 fully saturated rings. The Kier molecular flexibility index (Phi) is 2.25. The fourth-order valence-corrected chi connectivity index (χ4v) is 1.12. The second-order valence-corrected chi connectivity index (χ2v) is 2.63. The van der Waals surface area contributed by atoms with E-state index in [4.69, 9.17) is 15.6 Å². The van der Waals surface area contributed by atoms with Gasteiger partial charge in [0.1, 0.15) is 6.10 Å². The van der Waals surface area contributed by atoms with Crippen LogP contribution >= 0.6 is 0 Å². The zero-order valence-corrected chi connectivity index (χ0v) is 5.90. The maximum atomic E-state index is 9.22. The van der Waals surface area contributed by atoms with Gasteiger partial charge in [-0.1, -0.05) is 0 Å². The van der Waals surface area contributed by atoms with Crippen molar-refractivity contribution >= 4 is 0 Å². The first-order valence-corrected chi connectivity index (χ1v) is 3.36. The minimum atomic E-state index is -0.722. The van der Waals surface area contributed by atoms with Gasteiger partial charge in [0, 0.05) is 0 Å². The normalized spacial score (nSPS) is 48.0. The van der Waals surface area contributed by atoms with E-state index >= 15 is 0 Å². The summed E-state index contributed by atoms with van der Waals surface area (Å²) in [5.41, 5.74) is 5.50. The van der Waals surface area contributed by atoms with E-state index in [9.17, 15) is 5.11 Å². The van der Waals surface area contributed by atoms with Crippen molar-refractivity contribution in [2.75, 3.05) is 6.61 Å². The van der Waals surface area contributed by atoms with Gasteiger partial charge in [0.15, 0.2) is 0 Å². The molecule has 1 saturated heterocycles. The van der Waals surface area contributed by atoms with Crippen molar-refractivity contribution in [2.45, 2.75) is 31.3 Å². The van der Waals surface area contributed by atoms with E-state index in [-0.39, 0.29) is 18.8 Å². The van der Waals surface area contributed by atoms with E-state index in [0.717, 1.165) is 0 Å². The van der Waals surface area contributed by atoms with Gasteiger partial charge in [0.25, 0.3) is 0 Å². The highest BCUT2D eigenvalue weighted by Gasteiger charge is 2.38. The van der Waals surface area contributed by atoms with Crippen LogP contribution in [0.4, 0.5) is 0 Å². The molecule has 60 valence electrons. The van der Waals surface area contributed by atoms with Crippen LogP contribution in [0.5, 0.6) is 0 Å². The van der Waals surface area contributed by atoms with Gasteiger partial charge < -0.3 is 20.7 Å². The van der Waals surface area contributed by atoms with Crippen LogP contribution in [0.3, 0.4) is 0 Å². The Morgan fingerprint density at radius 1 is 1.60 bits per heavy atom. The molecule has 1 heterocycles. The lowest BCUT2D eigenvalue weighted by atomic mass is 10.1. The van der Waals surface area contributed by atoms with Crippen molar-refractivity contribution in [3.05, 3.63) is 0 Å². The van der Waals surface area contributed by atoms with Crippen LogP contribution in [-0.2, 0) is 4.74 Å². The summed E-state index contributed by atoms with van der Waals surface area (Å²) in [6.45, 7) is 1.61. The summed E-state index contributed by atoms with van der Waals surface area (Å²) in [6.07, 6.45) is -1.38. The fraction of sp³-hybridized carbons (Fsp3) is 1.00. The Balaban J connectivity index is 2.53. The molecule has 0 radical (unpaired) electrons. The van der Waals surface area contributed by atoms with E-state index in [1.807, 2.05) is 0 Å². The number of ether oxygens (including phenoxy) is 1. The molecule has 0 amide bonds. The summed E-state index contributed by atoms with van der Waals surface area (Å²) < 4.78 is 5.11. The molecule has 1 aliphatic rings. The number of aliphatic hydroxyl groups excluding tert-OH is 2. The average Bonchev–Trinajstić information content (AvgIpc) is 2.17. The number of rotatable bonds is 1. The first kappa shape index (κ1) is 7.94. The van der Waals surface area contributed by atoms with E-state index in [2.05, 4.69) is 0 Å². The summed E-state index contributed by atoms with van der Waals surface area (Å²) >= 11 is 0. The lowest BCUT2D eigenvalue weighted by molar-refractivity contribution is -0.0170. The van der Waals surface area contributed by atoms with Crippen molar-refractivity contribution in [3.63, 3.8) is 0 Å². The van der Waals surface area contributed by atoms with Crippen LogP contribution in [-0.4, -0.2) is 41.2 Å². The SMILES string of the molecule is C[C@H]1O[C@H](CO)[C@H](O)[C@H]1N. The van der Waals surface area contributed by atoms with Crippen LogP contribution in [0.1, 0.15) is 6.92 Å². The summed E-state index contributed by atoms with van der Waals surface area (Å²) in [5, 5.41) is 17.8. The van der Waals surface area contributed by atoms with E-state index in [0.29, 0.717) is 0 Å². The van der Waals surface area contributed by atoms with Crippen LogP contribution in [0.15, 0.2) is 0 Å². The molecule has 0 aromatic rings. The Hall–Kier alpha value is -0.160. The maximum Gasteiger partial charge on any atom is 0.108 e. The second kappa shape index (κ2) is 2.84. The van der Waals surface area contributed by atoms with Crippen molar-refractivity contribution in [1.82, 2.24) is 0 Å². The molecule has 0 aromatic carbocycles. The minimum Gasteiger partial charge on any atom is -0.394 e. The maximum absolute atomic E-state index is 9.22. The van der Waals surface area contributed by atoms with Crippen molar-refractivity contribution in [1.29, 1.82) is 0 Å². The summed E-state index contributed by atoms with van der Waals surface area (Å²) in [6, 6.07) is -0.364. The number of aliphatic hydroxyl groups is 2. The predicted molar refractivity (Wildman–Crippen MR) is 35.4 cm³/mol. The molecule has 0 aromatic heterocycles. The zero-order chi connectivity index (χ0) is 7.72. The monoisotopic (exact) mass is 147 g/mol. The molecule has 10 heavy (non-hydrogen) atoms. The van der Waals surface area contributed by atoms with Crippen molar-refractivity contribution in [3.8, 4) is 0 Å². The van der Waals surface area contributed by atoms with Crippen molar-refractivity contribution < 1.29 is 14.9 Å². The van der Waals surface area contributed by atoms with Gasteiger partial charge in [0.05, 0.1) is 24.9 Å². The summed E-state index contributed by atoms with van der Waals surface area (Å²) in [7, 11) is 0. The molecule has 4 nitrogen and oxygen atoms in total. The smallest absolute Gasteiger partial charge is 0.108 e. The van der Waals surface area contributed by atoms with Crippen molar-refractivity contribution in [2.24, 2.45) is 5.73 Å². The molecule has 0 aliphatic carbocycles. The highest BCUT2D eigenvalue weighted by molar-refractivity contribution is 4.90. The lowest BCUT2D eigenvalue weighted by Crippen LogP contribution is -2.40. The number of nitrogens with two attached hydrogens (primary N) is 1. The third-order valence-electron chi connectivity index (χ3n) is 1.89. The summed E-state index contributed by atoms with van der Waals surface area (Å²) in [5.74, 6) is 0. The lowest BCUT2D eigenvalue weighted by Gasteiger charge is -2.11. The topological polar surface area (TPSA) is 75.7 Å². The minimum absolute atomic E-state index is 0.160. The molecule has 1 rings (SSSR count). The molecule has 4 N–H and O–H groups in total. The predicted octanol–water partition coefficient (Wildman–Crippen LogP) is -1.55. The highest BCUT2D eigenvalue weighted by atomic mass is 16.5. The van der Waals surface area contributed by atoms with Gasteiger partial charge in [-0.3, -0.25) is 0 Å². The zero-order valence-electron chi connectivity index (χ0n) is 5.90. The third-order valence-corrected chi connectivity index (χ3v) is 1.89. The molecule has 1 aliphatic heterocycles. The molecule has 0 saturated carbocycles. The van der Waals surface area contributed by atoms with Gasteiger partial charge >= 0.3 is 0 Å². The summed E-state index contributed by atoms with van der Waals surface area (Å²) in [4.78, 5) is 0. The van der Waals surface area contributed by atoms with Crippen LogP contribution in [0, 0.1) is 0 Å². The van der Waals surface area contributed by atoms with Crippen LogP contribution in [0.25, 0.3) is 0 Å². The van der Waals surface area contributed by atoms with Gasteiger partial charge in [-0.05, 0) is 6.92 Å². The number of hydrogen-bond donors (Lipinski definition) is 3. The Morgan fingerprint density at radius 3 is 2.40 bits per heavy atom. The van der Waals surface area contributed by atoms with E-state index in [1.165, 1.54) is 0 Å². The van der Waals surface area contributed by atoms with E-state index in [1.54, 1.807) is 6.92 Å².